The van der Waals surface area contributed by atoms with Crippen molar-refractivity contribution in [1.82, 2.24) is 15.1 Å². The molecule has 0 saturated carbocycles. The highest BCUT2D eigenvalue weighted by molar-refractivity contribution is 5.92. The molecule has 0 spiro atoms. The van der Waals surface area contributed by atoms with Crippen LogP contribution in [-0.4, -0.2) is 28.8 Å². The van der Waals surface area contributed by atoms with E-state index in [2.05, 4.69) is 10.4 Å². The van der Waals surface area contributed by atoms with Crippen molar-refractivity contribution in [2.45, 2.75) is 26.3 Å². The number of carbonyl (C=O) groups is 2. The van der Waals surface area contributed by atoms with Gasteiger partial charge in [0.15, 0.2) is 5.69 Å². The average Bonchev–Trinajstić information content (AvgIpc) is 2.74. The van der Waals surface area contributed by atoms with Crippen LogP contribution in [0.4, 0.5) is 0 Å². The molecule has 2 aromatic carbocycles. The van der Waals surface area contributed by atoms with Gasteiger partial charge >= 0.3 is 5.97 Å². The predicted molar refractivity (Wildman–Crippen MR) is 113 cm³/mol. The normalized spacial score (nSPS) is 11.6. The molecule has 154 valence electrons. The minimum atomic E-state index is -0.654. The van der Waals surface area contributed by atoms with E-state index in [1.54, 1.807) is 6.92 Å². The number of ether oxygens (including phenoxy) is 1. The zero-order chi connectivity index (χ0) is 21.7. The molecule has 3 rings (SSSR count). The van der Waals surface area contributed by atoms with Gasteiger partial charge in [-0.25, -0.2) is 4.68 Å². The minimum absolute atomic E-state index is 0.0654. The summed E-state index contributed by atoms with van der Waals surface area (Å²) in [7, 11) is 1.29. The number of rotatable bonds is 6. The Morgan fingerprint density at radius 1 is 1.07 bits per heavy atom. The second-order valence-corrected chi connectivity index (χ2v) is 6.96. The number of methoxy groups -OCH3 is 1. The summed E-state index contributed by atoms with van der Waals surface area (Å²) < 4.78 is 6.30. The van der Waals surface area contributed by atoms with Crippen molar-refractivity contribution in [3.8, 4) is 5.69 Å². The molecule has 0 unspecified atom stereocenters. The van der Waals surface area contributed by atoms with Crippen LogP contribution < -0.4 is 10.7 Å². The molecule has 0 aliphatic carbocycles. The molecule has 0 saturated heterocycles. The van der Waals surface area contributed by atoms with Crippen LogP contribution in [0.2, 0.25) is 0 Å². The average molecular weight is 405 g/mol. The monoisotopic (exact) mass is 405 g/mol. The maximum Gasteiger partial charge on any atom is 0.307 e. The Hall–Kier alpha value is -3.74. The molecule has 1 amide bonds. The zero-order valence-electron chi connectivity index (χ0n) is 17.1. The lowest BCUT2D eigenvalue weighted by atomic mass is 10.0. The van der Waals surface area contributed by atoms with Crippen LogP contribution >= 0.6 is 0 Å². The van der Waals surface area contributed by atoms with Crippen molar-refractivity contribution in [3.05, 3.63) is 93.4 Å². The first-order valence-electron chi connectivity index (χ1n) is 9.49. The summed E-state index contributed by atoms with van der Waals surface area (Å²) in [5.41, 5.74) is 2.38. The summed E-state index contributed by atoms with van der Waals surface area (Å²) in [5, 5.41) is 7.04. The van der Waals surface area contributed by atoms with E-state index in [-0.39, 0.29) is 12.1 Å². The van der Waals surface area contributed by atoms with Gasteiger partial charge in [0.1, 0.15) is 0 Å². The van der Waals surface area contributed by atoms with E-state index in [1.165, 1.54) is 17.9 Å². The fraction of sp³-hybridized carbons (Fsp3) is 0.217. The lowest BCUT2D eigenvalue weighted by molar-refractivity contribution is -0.141. The Labute approximate surface area is 174 Å². The quantitative estimate of drug-likeness (QED) is 0.637. The molecule has 3 aromatic rings. The minimum Gasteiger partial charge on any atom is -0.469 e. The van der Waals surface area contributed by atoms with Crippen molar-refractivity contribution >= 4 is 11.9 Å². The number of hydrogen-bond acceptors (Lipinski definition) is 5. The van der Waals surface area contributed by atoms with E-state index in [9.17, 15) is 14.4 Å². The number of aromatic nitrogens is 2. The van der Waals surface area contributed by atoms with Gasteiger partial charge < -0.3 is 10.1 Å². The first-order chi connectivity index (χ1) is 14.4. The first-order valence-corrected chi connectivity index (χ1v) is 9.49. The van der Waals surface area contributed by atoms with Gasteiger partial charge in [-0.15, -0.1) is 0 Å². The summed E-state index contributed by atoms with van der Waals surface area (Å²) in [6, 6.07) is 17.4. The second kappa shape index (κ2) is 9.17. The highest BCUT2D eigenvalue weighted by atomic mass is 16.5. The molecule has 1 aromatic heterocycles. The Bertz CT molecular complexity index is 1110. The van der Waals surface area contributed by atoms with Crippen LogP contribution in [0.3, 0.4) is 0 Å². The highest BCUT2D eigenvalue weighted by Crippen LogP contribution is 2.19. The molecule has 1 atom stereocenters. The summed E-state index contributed by atoms with van der Waals surface area (Å²) in [6.45, 7) is 3.69. The predicted octanol–water partition coefficient (Wildman–Crippen LogP) is 2.88. The number of hydrogen-bond donors (Lipinski definition) is 1. The van der Waals surface area contributed by atoms with Gasteiger partial charge in [0.05, 0.1) is 25.3 Å². The van der Waals surface area contributed by atoms with E-state index in [1.807, 2.05) is 61.5 Å². The molecular weight excluding hydrogens is 382 g/mol. The molecule has 7 nitrogen and oxygen atoms in total. The van der Waals surface area contributed by atoms with Crippen molar-refractivity contribution in [1.29, 1.82) is 0 Å². The van der Waals surface area contributed by atoms with E-state index >= 15 is 0 Å². The van der Waals surface area contributed by atoms with Crippen LogP contribution in [0.1, 0.15) is 39.8 Å². The number of amides is 1. The summed E-state index contributed by atoms with van der Waals surface area (Å²) in [4.78, 5) is 37.3. The summed E-state index contributed by atoms with van der Waals surface area (Å²) in [5.74, 6) is -1.13. The summed E-state index contributed by atoms with van der Waals surface area (Å²) >= 11 is 0. The maximum atomic E-state index is 12.9. The number of carbonyl (C=O) groups excluding carboxylic acids is 2. The van der Waals surface area contributed by atoms with Crippen LogP contribution in [0.25, 0.3) is 5.69 Å². The fourth-order valence-corrected chi connectivity index (χ4v) is 3.06. The zero-order valence-corrected chi connectivity index (χ0v) is 17.1. The Kier molecular flexibility index (Phi) is 6.41. The number of nitrogens with one attached hydrogen (secondary N) is 1. The van der Waals surface area contributed by atoms with Crippen LogP contribution in [0.5, 0.6) is 0 Å². The Morgan fingerprint density at radius 3 is 2.37 bits per heavy atom. The molecular formula is C23H23N3O4. The number of aryl methyl sites for hydroxylation is 2. The van der Waals surface area contributed by atoms with Crippen LogP contribution in [0.15, 0.2) is 65.5 Å². The van der Waals surface area contributed by atoms with Gasteiger partial charge in [-0.2, -0.15) is 5.10 Å². The molecule has 1 heterocycles. The lowest BCUT2D eigenvalue weighted by Crippen LogP contribution is -2.35. The van der Waals surface area contributed by atoms with Crippen LogP contribution in [0, 0.1) is 13.8 Å². The Balaban J connectivity index is 1.94. The van der Waals surface area contributed by atoms with E-state index in [0.29, 0.717) is 5.69 Å². The second-order valence-electron chi connectivity index (χ2n) is 6.96. The smallest absolute Gasteiger partial charge is 0.307 e. The van der Waals surface area contributed by atoms with Crippen molar-refractivity contribution in [2.75, 3.05) is 7.11 Å². The van der Waals surface area contributed by atoms with E-state index < -0.39 is 23.3 Å². The largest absolute Gasteiger partial charge is 0.469 e. The Morgan fingerprint density at radius 2 is 1.73 bits per heavy atom. The number of para-hydroxylation sites is 1. The molecule has 0 aliphatic heterocycles. The van der Waals surface area contributed by atoms with Gasteiger partial charge in [-0.3, -0.25) is 14.4 Å². The third-order valence-electron chi connectivity index (χ3n) is 4.71. The molecule has 30 heavy (non-hydrogen) atoms. The van der Waals surface area contributed by atoms with Crippen LogP contribution in [-0.2, 0) is 9.53 Å². The number of esters is 1. The summed E-state index contributed by atoms with van der Waals surface area (Å²) in [6.07, 6.45) is -0.0654. The molecule has 7 heteroatoms. The first kappa shape index (κ1) is 21.0. The van der Waals surface area contributed by atoms with E-state index in [4.69, 9.17) is 4.74 Å². The molecule has 0 bridgehead atoms. The topological polar surface area (TPSA) is 90.3 Å². The standard InChI is InChI=1S/C23H23N3O4/c1-15-9-11-17(12-10-15)19(14-21(28)30-3)24-23(29)22-20(27)13-16(2)26(25-22)18-7-5-4-6-8-18/h4-13,19H,14H2,1-3H3,(H,24,29)/t19-/m1/s1. The van der Waals surface area contributed by atoms with Gasteiger partial charge in [-0.05, 0) is 31.5 Å². The fourth-order valence-electron chi connectivity index (χ4n) is 3.06. The highest BCUT2D eigenvalue weighted by Gasteiger charge is 2.23. The molecule has 0 fully saturated rings. The van der Waals surface area contributed by atoms with Gasteiger partial charge in [0.25, 0.3) is 5.91 Å². The van der Waals surface area contributed by atoms with Crippen molar-refractivity contribution in [2.24, 2.45) is 0 Å². The molecule has 1 N–H and O–H groups in total. The SMILES string of the molecule is COC(=O)C[C@@H](NC(=O)c1nn(-c2ccccc2)c(C)cc1=O)c1ccc(C)cc1. The van der Waals surface area contributed by atoms with Gasteiger partial charge in [0.2, 0.25) is 5.43 Å². The lowest BCUT2D eigenvalue weighted by Gasteiger charge is -2.18. The third-order valence-corrected chi connectivity index (χ3v) is 4.71. The number of nitrogens with zero attached hydrogens (tertiary/aromatic N) is 2. The molecule has 0 aliphatic rings. The van der Waals surface area contributed by atoms with Crippen molar-refractivity contribution in [3.63, 3.8) is 0 Å². The maximum absolute atomic E-state index is 12.9. The molecule has 0 radical (unpaired) electrons. The van der Waals surface area contributed by atoms with Crippen molar-refractivity contribution < 1.29 is 14.3 Å². The van der Waals surface area contributed by atoms with E-state index in [0.717, 1.165) is 16.8 Å². The van der Waals surface area contributed by atoms with Gasteiger partial charge in [0, 0.05) is 11.8 Å². The van der Waals surface area contributed by atoms with Gasteiger partial charge in [-0.1, -0.05) is 48.0 Å². The third kappa shape index (κ3) is 4.81. The number of benzene rings is 2.